The third-order valence-electron chi connectivity index (χ3n) is 6.22. The zero-order valence-corrected chi connectivity index (χ0v) is 20.0. The number of likely N-dealkylation sites (tertiary alicyclic amines) is 1. The number of hydrogen-bond acceptors (Lipinski definition) is 4. The van der Waals surface area contributed by atoms with Gasteiger partial charge in [0.05, 0.1) is 11.2 Å². The molecule has 2 N–H and O–H groups in total. The fraction of sp³-hybridized carbons (Fsp3) is 0.640. The molecular formula is C25H38N4O3. The van der Waals surface area contributed by atoms with E-state index in [1.807, 2.05) is 49.4 Å². The number of ether oxygens (including phenoxy) is 1. The summed E-state index contributed by atoms with van der Waals surface area (Å²) < 4.78 is 7.48. The Morgan fingerprint density at radius 3 is 2.47 bits per heavy atom. The second-order valence-corrected chi connectivity index (χ2v) is 10.0. The molecular weight excluding hydrogens is 404 g/mol. The minimum absolute atomic E-state index is 0.180. The molecule has 3 rings (SSSR count). The Kier molecular flexibility index (Phi) is 7.80. The second kappa shape index (κ2) is 10.4. The monoisotopic (exact) mass is 442 g/mol. The molecule has 0 spiro atoms. The Morgan fingerprint density at radius 2 is 1.81 bits per heavy atom. The Labute approximate surface area is 191 Å². The maximum Gasteiger partial charge on any atom is 0.410 e. The normalized spacial score (nSPS) is 15.3. The van der Waals surface area contributed by atoms with E-state index < -0.39 is 11.5 Å². The van der Waals surface area contributed by atoms with Crippen LogP contribution >= 0.6 is 0 Å². The van der Waals surface area contributed by atoms with E-state index in [0.29, 0.717) is 11.5 Å². The van der Waals surface area contributed by atoms with Crippen molar-refractivity contribution < 1.29 is 14.3 Å². The van der Waals surface area contributed by atoms with Gasteiger partial charge in [0.15, 0.2) is 0 Å². The van der Waals surface area contributed by atoms with Gasteiger partial charge in [0, 0.05) is 30.6 Å². The zero-order chi connectivity index (χ0) is 23.3. The number of unbranched alkanes of at least 4 members (excludes halogenated alkanes) is 3. The molecule has 7 heteroatoms. The first-order valence-corrected chi connectivity index (χ1v) is 11.9. The van der Waals surface area contributed by atoms with Crippen LogP contribution in [0.15, 0.2) is 18.2 Å². The highest BCUT2D eigenvalue weighted by Crippen LogP contribution is 2.25. The van der Waals surface area contributed by atoms with E-state index >= 15 is 0 Å². The summed E-state index contributed by atoms with van der Waals surface area (Å²) in [6, 6.07) is 5.55. The zero-order valence-electron chi connectivity index (χ0n) is 20.0. The van der Waals surface area contributed by atoms with Crippen molar-refractivity contribution in [3.05, 3.63) is 29.5 Å². The van der Waals surface area contributed by atoms with E-state index in [-0.39, 0.29) is 6.09 Å². The van der Waals surface area contributed by atoms with E-state index in [2.05, 4.69) is 5.10 Å². The van der Waals surface area contributed by atoms with Crippen LogP contribution in [0.4, 0.5) is 4.79 Å². The van der Waals surface area contributed by atoms with Crippen LogP contribution in [0, 0.1) is 12.8 Å². The number of benzene rings is 1. The topological polar surface area (TPSA) is 90.4 Å². The lowest BCUT2D eigenvalue weighted by molar-refractivity contribution is 0.0180. The van der Waals surface area contributed by atoms with Crippen molar-refractivity contribution in [1.29, 1.82) is 0 Å². The van der Waals surface area contributed by atoms with Gasteiger partial charge >= 0.3 is 6.09 Å². The lowest BCUT2D eigenvalue weighted by Crippen LogP contribution is -2.41. The predicted octanol–water partition coefficient (Wildman–Crippen LogP) is 5.04. The number of fused-ring (bicyclic) bond motifs is 1. The van der Waals surface area contributed by atoms with Gasteiger partial charge in [-0.3, -0.25) is 9.48 Å². The molecule has 176 valence electrons. The lowest BCUT2D eigenvalue weighted by Gasteiger charge is -2.33. The molecule has 7 nitrogen and oxygen atoms in total. The predicted molar refractivity (Wildman–Crippen MR) is 127 cm³/mol. The SMILES string of the molecule is Cc1nn(CCCCCCC2CCN(C(=O)OC(C)(C)C)CC2)c2cc(C(N)=O)ccc12. The Hall–Kier alpha value is -2.57. The minimum atomic E-state index is -0.431. The van der Waals surface area contributed by atoms with Gasteiger partial charge < -0.3 is 15.4 Å². The van der Waals surface area contributed by atoms with Crippen LogP contribution in [-0.2, 0) is 11.3 Å². The van der Waals surface area contributed by atoms with Crippen LogP contribution < -0.4 is 5.73 Å². The number of amides is 2. The van der Waals surface area contributed by atoms with Gasteiger partial charge in [0.25, 0.3) is 0 Å². The number of nitrogens with two attached hydrogens (primary N) is 1. The summed E-state index contributed by atoms with van der Waals surface area (Å²) in [6.07, 6.45) is 7.84. The fourth-order valence-corrected chi connectivity index (χ4v) is 4.44. The van der Waals surface area contributed by atoms with Gasteiger partial charge in [-0.25, -0.2) is 4.79 Å². The Morgan fingerprint density at radius 1 is 1.12 bits per heavy atom. The average molecular weight is 443 g/mol. The molecule has 0 bridgehead atoms. The summed E-state index contributed by atoms with van der Waals surface area (Å²) in [4.78, 5) is 25.5. The molecule has 0 radical (unpaired) electrons. The van der Waals surface area contributed by atoms with Gasteiger partial charge in [-0.05, 0) is 65.0 Å². The summed E-state index contributed by atoms with van der Waals surface area (Å²) in [5, 5.41) is 5.72. The molecule has 1 aromatic heterocycles. The van der Waals surface area contributed by atoms with Crippen molar-refractivity contribution in [3.63, 3.8) is 0 Å². The van der Waals surface area contributed by atoms with E-state index in [0.717, 1.165) is 61.9 Å². The van der Waals surface area contributed by atoms with Crippen molar-refractivity contribution in [3.8, 4) is 0 Å². The molecule has 1 aliphatic rings. The molecule has 1 aromatic carbocycles. The summed E-state index contributed by atoms with van der Waals surface area (Å²) in [6.45, 7) is 10.2. The number of aromatic nitrogens is 2. The quantitative estimate of drug-likeness (QED) is 0.580. The Balaban J connectivity index is 1.35. The van der Waals surface area contributed by atoms with Crippen LogP contribution in [0.2, 0.25) is 0 Å². The first-order valence-electron chi connectivity index (χ1n) is 11.9. The number of rotatable bonds is 8. The molecule has 1 saturated heterocycles. The van der Waals surface area contributed by atoms with E-state index in [9.17, 15) is 9.59 Å². The number of carbonyl (C=O) groups excluding carboxylic acids is 2. The maximum absolute atomic E-state index is 12.2. The van der Waals surface area contributed by atoms with Gasteiger partial charge in [0.2, 0.25) is 5.91 Å². The third kappa shape index (κ3) is 6.47. The lowest BCUT2D eigenvalue weighted by atomic mass is 9.91. The Bertz CT molecular complexity index is 937. The van der Waals surface area contributed by atoms with Crippen LogP contribution in [0.3, 0.4) is 0 Å². The summed E-state index contributed by atoms with van der Waals surface area (Å²) in [5.41, 5.74) is 7.49. The summed E-state index contributed by atoms with van der Waals surface area (Å²) in [7, 11) is 0. The maximum atomic E-state index is 12.2. The molecule has 1 aliphatic heterocycles. The van der Waals surface area contributed by atoms with Gasteiger partial charge in [-0.1, -0.05) is 31.7 Å². The van der Waals surface area contributed by atoms with Gasteiger partial charge in [-0.15, -0.1) is 0 Å². The van der Waals surface area contributed by atoms with Crippen molar-refractivity contribution in [1.82, 2.24) is 14.7 Å². The average Bonchev–Trinajstić information content (AvgIpc) is 3.04. The van der Waals surface area contributed by atoms with Gasteiger partial charge in [0.1, 0.15) is 5.60 Å². The molecule has 32 heavy (non-hydrogen) atoms. The number of piperidine rings is 1. The van der Waals surface area contributed by atoms with E-state index in [1.54, 1.807) is 6.07 Å². The molecule has 2 heterocycles. The van der Waals surface area contributed by atoms with Crippen molar-refractivity contribution in [2.45, 2.75) is 84.8 Å². The van der Waals surface area contributed by atoms with E-state index in [4.69, 9.17) is 10.5 Å². The largest absolute Gasteiger partial charge is 0.444 e. The number of primary amides is 1. The first kappa shape index (κ1) is 24.1. The number of hydrogen-bond donors (Lipinski definition) is 1. The minimum Gasteiger partial charge on any atom is -0.444 e. The third-order valence-corrected chi connectivity index (χ3v) is 6.22. The molecule has 0 unspecified atom stereocenters. The van der Waals surface area contributed by atoms with Crippen LogP contribution in [0.5, 0.6) is 0 Å². The molecule has 1 fully saturated rings. The fourth-order valence-electron chi connectivity index (χ4n) is 4.44. The van der Waals surface area contributed by atoms with Crippen LogP contribution in [0.25, 0.3) is 10.9 Å². The standard InChI is InChI=1S/C25H38N4O3/c1-18-21-11-10-20(23(26)30)17-22(21)29(27-18)14-8-6-5-7-9-19-12-15-28(16-13-19)24(31)32-25(2,3)4/h10-11,17,19H,5-9,12-16H2,1-4H3,(H2,26,30). The molecule has 2 amide bonds. The smallest absolute Gasteiger partial charge is 0.410 e. The number of carbonyl (C=O) groups is 2. The second-order valence-electron chi connectivity index (χ2n) is 10.0. The van der Waals surface area contributed by atoms with Gasteiger partial charge in [-0.2, -0.15) is 5.10 Å². The summed E-state index contributed by atoms with van der Waals surface area (Å²) in [5.74, 6) is 0.299. The molecule has 0 aliphatic carbocycles. The first-order chi connectivity index (χ1) is 15.1. The molecule has 0 saturated carbocycles. The number of aryl methyl sites for hydroxylation is 2. The highest BCUT2D eigenvalue weighted by molar-refractivity contribution is 5.97. The molecule has 2 aromatic rings. The van der Waals surface area contributed by atoms with Crippen molar-refractivity contribution in [2.75, 3.05) is 13.1 Å². The van der Waals surface area contributed by atoms with Crippen LogP contribution in [-0.4, -0.2) is 45.4 Å². The summed E-state index contributed by atoms with van der Waals surface area (Å²) >= 11 is 0. The highest BCUT2D eigenvalue weighted by Gasteiger charge is 2.26. The molecule has 0 atom stereocenters. The van der Waals surface area contributed by atoms with Crippen molar-refractivity contribution in [2.24, 2.45) is 11.7 Å². The van der Waals surface area contributed by atoms with E-state index in [1.165, 1.54) is 19.3 Å². The van der Waals surface area contributed by atoms with Crippen molar-refractivity contribution >= 4 is 22.9 Å². The van der Waals surface area contributed by atoms with Crippen LogP contribution in [0.1, 0.15) is 81.8 Å². The number of nitrogens with zero attached hydrogens (tertiary/aromatic N) is 3. The highest BCUT2D eigenvalue weighted by atomic mass is 16.6.